The van der Waals surface area contributed by atoms with Crippen LogP contribution in [0.25, 0.3) is 10.9 Å². The molecule has 1 aliphatic heterocycles. The molecule has 17 heavy (non-hydrogen) atoms. The van der Waals surface area contributed by atoms with Crippen molar-refractivity contribution in [2.45, 2.75) is 12.5 Å². The lowest BCUT2D eigenvalue weighted by Gasteiger charge is -2.11. The Labute approximate surface area is 98.6 Å². The molecular weight excluding hydrogens is 216 g/mol. The summed E-state index contributed by atoms with van der Waals surface area (Å²) in [6.45, 7) is 1.84. The summed E-state index contributed by atoms with van der Waals surface area (Å²) < 4.78 is 0. The minimum absolute atomic E-state index is 0.0183. The third-order valence-electron chi connectivity index (χ3n) is 3.10. The summed E-state index contributed by atoms with van der Waals surface area (Å²) in [6.07, 6.45) is 2.75. The van der Waals surface area contributed by atoms with Crippen molar-refractivity contribution in [3.63, 3.8) is 0 Å². The van der Waals surface area contributed by atoms with Crippen molar-refractivity contribution in [2.24, 2.45) is 0 Å². The molecule has 1 aromatic heterocycles. The van der Waals surface area contributed by atoms with E-state index < -0.39 is 0 Å². The molecule has 1 atom stereocenters. The van der Waals surface area contributed by atoms with Crippen LogP contribution in [0.4, 0.5) is 0 Å². The fraction of sp³-hybridized carbons (Fsp3) is 0.333. The normalized spacial score (nSPS) is 19.6. The van der Waals surface area contributed by atoms with Gasteiger partial charge < -0.3 is 10.6 Å². The molecule has 1 amide bonds. The van der Waals surface area contributed by atoms with Crippen LogP contribution >= 0.6 is 0 Å². The van der Waals surface area contributed by atoms with Crippen LogP contribution in [0.15, 0.2) is 24.4 Å². The summed E-state index contributed by atoms with van der Waals surface area (Å²) in [7, 11) is 0. The van der Waals surface area contributed by atoms with E-state index in [1.165, 1.54) is 0 Å². The van der Waals surface area contributed by atoms with Gasteiger partial charge in [0.2, 0.25) is 0 Å². The Morgan fingerprint density at radius 2 is 2.41 bits per heavy atom. The molecule has 2 heterocycles. The summed E-state index contributed by atoms with van der Waals surface area (Å²) in [4.78, 5) is 12.0. The quantitative estimate of drug-likeness (QED) is 0.709. The smallest absolute Gasteiger partial charge is 0.251 e. The third kappa shape index (κ3) is 2.01. The molecular formula is C12H14N4O. The first-order valence-corrected chi connectivity index (χ1v) is 5.77. The molecule has 88 valence electrons. The topological polar surface area (TPSA) is 69.8 Å². The summed E-state index contributed by atoms with van der Waals surface area (Å²) in [5.74, 6) is -0.0183. The summed E-state index contributed by atoms with van der Waals surface area (Å²) >= 11 is 0. The van der Waals surface area contributed by atoms with Gasteiger partial charge in [0.15, 0.2) is 0 Å². The number of aromatic nitrogens is 2. The molecule has 1 unspecified atom stereocenters. The van der Waals surface area contributed by atoms with Gasteiger partial charge >= 0.3 is 0 Å². The first kappa shape index (κ1) is 10.3. The number of hydrogen-bond donors (Lipinski definition) is 3. The predicted molar refractivity (Wildman–Crippen MR) is 64.8 cm³/mol. The molecule has 1 aromatic carbocycles. The first-order chi connectivity index (χ1) is 8.33. The Morgan fingerprint density at radius 1 is 1.47 bits per heavy atom. The molecule has 1 saturated heterocycles. The van der Waals surface area contributed by atoms with E-state index in [1.807, 2.05) is 18.2 Å². The second-order valence-corrected chi connectivity index (χ2v) is 4.34. The van der Waals surface area contributed by atoms with Crippen molar-refractivity contribution in [1.82, 2.24) is 20.8 Å². The van der Waals surface area contributed by atoms with E-state index in [0.29, 0.717) is 5.56 Å². The van der Waals surface area contributed by atoms with E-state index in [9.17, 15) is 4.79 Å². The number of benzene rings is 1. The Hall–Kier alpha value is -1.88. The van der Waals surface area contributed by atoms with Crippen LogP contribution in [-0.4, -0.2) is 35.2 Å². The third-order valence-corrected chi connectivity index (χ3v) is 3.10. The maximum Gasteiger partial charge on any atom is 0.251 e. The van der Waals surface area contributed by atoms with Crippen molar-refractivity contribution in [3.8, 4) is 0 Å². The van der Waals surface area contributed by atoms with Crippen molar-refractivity contribution in [3.05, 3.63) is 30.0 Å². The van der Waals surface area contributed by atoms with Crippen LogP contribution in [0.5, 0.6) is 0 Å². The molecule has 1 aliphatic rings. The molecule has 0 spiro atoms. The molecule has 0 radical (unpaired) electrons. The number of nitrogens with one attached hydrogen (secondary N) is 3. The predicted octanol–water partition coefficient (Wildman–Crippen LogP) is 0.655. The van der Waals surface area contributed by atoms with Gasteiger partial charge in [-0.15, -0.1) is 0 Å². The first-order valence-electron chi connectivity index (χ1n) is 5.77. The zero-order valence-corrected chi connectivity index (χ0v) is 9.36. The van der Waals surface area contributed by atoms with Gasteiger partial charge in [-0.3, -0.25) is 9.89 Å². The zero-order valence-electron chi connectivity index (χ0n) is 9.36. The molecule has 3 rings (SSSR count). The zero-order chi connectivity index (χ0) is 11.7. The maximum atomic E-state index is 12.0. The number of nitrogens with zero attached hydrogens (tertiary/aromatic N) is 1. The number of hydrogen-bond acceptors (Lipinski definition) is 3. The van der Waals surface area contributed by atoms with E-state index in [1.54, 1.807) is 6.20 Å². The molecule has 3 N–H and O–H groups in total. The molecule has 5 nitrogen and oxygen atoms in total. The summed E-state index contributed by atoms with van der Waals surface area (Å²) in [5, 5.41) is 14.1. The lowest BCUT2D eigenvalue weighted by Crippen LogP contribution is -2.36. The van der Waals surface area contributed by atoms with Gasteiger partial charge in [-0.1, -0.05) is 6.07 Å². The molecule has 0 bridgehead atoms. The fourth-order valence-corrected chi connectivity index (χ4v) is 2.12. The Kier molecular flexibility index (Phi) is 2.53. The highest BCUT2D eigenvalue weighted by Crippen LogP contribution is 2.13. The number of fused-ring (bicyclic) bond motifs is 1. The average molecular weight is 230 g/mol. The van der Waals surface area contributed by atoms with Crippen molar-refractivity contribution >= 4 is 16.8 Å². The number of amides is 1. The van der Waals surface area contributed by atoms with Crippen LogP contribution < -0.4 is 10.6 Å². The number of carbonyl (C=O) groups excluding carboxylic acids is 1. The van der Waals surface area contributed by atoms with E-state index >= 15 is 0 Å². The Bertz CT molecular complexity index is 542. The largest absolute Gasteiger partial charge is 0.348 e. The van der Waals surface area contributed by atoms with Gasteiger partial charge in [0, 0.05) is 23.5 Å². The van der Waals surface area contributed by atoms with Crippen molar-refractivity contribution < 1.29 is 4.79 Å². The Balaban J connectivity index is 1.79. The monoisotopic (exact) mass is 230 g/mol. The van der Waals surface area contributed by atoms with Gasteiger partial charge in [0.05, 0.1) is 11.7 Å². The highest BCUT2D eigenvalue weighted by Gasteiger charge is 2.17. The van der Waals surface area contributed by atoms with Gasteiger partial charge in [0.25, 0.3) is 5.91 Å². The van der Waals surface area contributed by atoms with Crippen LogP contribution in [0.2, 0.25) is 0 Å². The second-order valence-electron chi connectivity index (χ2n) is 4.34. The van der Waals surface area contributed by atoms with Gasteiger partial charge in [-0.2, -0.15) is 5.10 Å². The lowest BCUT2D eigenvalue weighted by molar-refractivity contribution is 0.0940. The maximum absolute atomic E-state index is 12.0. The van der Waals surface area contributed by atoms with Gasteiger partial charge in [-0.25, -0.2) is 0 Å². The van der Waals surface area contributed by atoms with Crippen LogP contribution in [-0.2, 0) is 0 Å². The molecule has 1 fully saturated rings. The van der Waals surface area contributed by atoms with Crippen LogP contribution in [0.3, 0.4) is 0 Å². The number of H-pyrrole nitrogens is 1. The summed E-state index contributed by atoms with van der Waals surface area (Å²) in [5.41, 5.74) is 1.57. The second kappa shape index (κ2) is 4.18. The summed E-state index contributed by atoms with van der Waals surface area (Å²) in [6, 6.07) is 5.82. The van der Waals surface area contributed by atoms with Crippen LogP contribution in [0.1, 0.15) is 16.8 Å². The van der Waals surface area contributed by atoms with Crippen LogP contribution in [0, 0.1) is 0 Å². The fourth-order valence-electron chi connectivity index (χ4n) is 2.12. The molecule has 5 heteroatoms. The lowest BCUT2D eigenvalue weighted by atomic mass is 10.1. The van der Waals surface area contributed by atoms with Crippen molar-refractivity contribution in [2.75, 3.05) is 13.1 Å². The number of rotatable bonds is 2. The number of carbonyl (C=O) groups is 1. The standard InChI is InChI=1S/C12H14N4O/c17-12(15-10-3-4-13-7-10)8-1-2-9-6-14-16-11(9)5-8/h1-2,5-6,10,13H,3-4,7H2,(H,14,16)(H,15,17). The van der Waals surface area contributed by atoms with E-state index in [0.717, 1.165) is 30.4 Å². The van der Waals surface area contributed by atoms with E-state index in [4.69, 9.17) is 0 Å². The SMILES string of the molecule is O=C(NC1CCNC1)c1ccc2cn[nH]c2c1. The highest BCUT2D eigenvalue weighted by molar-refractivity contribution is 5.97. The average Bonchev–Trinajstić information content (AvgIpc) is 2.97. The highest BCUT2D eigenvalue weighted by atomic mass is 16.1. The molecule has 0 aliphatic carbocycles. The van der Waals surface area contributed by atoms with Gasteiger partial charge in [-0.05, 0) is 25.1 Å². The molecule has 0 saturated carbocycles. The molecule has 2 aromatic rings. The van der Waals surface area contributed by atoms with Crippen molar-refractivity contribution in [1.29, 1.82) is 0 Å². The van der Waals surface area contributed by atoms with E-state index in [-0.39, 0.29) is 11.9 Å². The minimum atomic E-state index is -0.0183. The van der Waals surface area contributed by atoms with Gasteiger partial charge in [0.1, 0.15) is 0 Å². The van der Waals surface area contributed by atoms with E-state index in [2.05, 4.69) is 20.8 Å². The number of aromatic amines is 1. The minimum Gasteiger partial charge on any atom is -0.348 e. The Morgan fingerprint density at radius 3 is 3.24 bits per heavy atom.